The van der Waals surface area contributed by atoms with E-state index >= 15 is 0 Å². The molecule has 102 valence electrons. The van der Waals surface area contributed by atoms with Crippen molar-refractivity contribution < 1.29 is 4.74 Å². The molecular weight excluding hydrogens is 238 g/mol. The maximum absolute atomic E-state index is 5.68. The molecule has 0 saturated carbocycles. The van der Waals surface area contributed by atoms with Crippen LogP contribution in [0.2, 0.25) is 0 Å². The van der Waals surface area contributed by atoms with E-state index in [0.29, 0.717) is 0 Å². The summed E-state index contributed by atoms with van der Waals surface area (Å²) in [5, 5.41) is 7.55. The second-order valence-corrected chi connectivity index (χ2v) is 4.59. The molecule has 19 heavy (non-hydrogen) atoms. The number of aromatic nitrogens is 2. The van der Waals surface area contributed by atoms with Crippen molar-refractivity contribution >= 4 is 0 Å². The highest BCUT2D eigenvalue weighted by Crippen LogP contribution is 2.24. The Bertz CT molecular complexity index is 522. The van der Waals surface area contributed by atoms with Crippen molar-refractivity contribution in [3.05, 3.63) is 47.8 Å². The molecule has 0 aliphatic rings. The Morgan fingerprint density at radius 2 is 2.21 bits per heavy atom. The molecule has 2 aromatic rings. The molecule has 4 nitrogen and oxygen atoms in total. The highest BCUT2D eigenvalue weighted by Gasteiger charge is 2.14. The molecule has 1 heterocycles. The number of nitrogens with one attached hydrogen (secondary N) is 1. The van der Waals surface area contributed by atoms with E-state index in [1.807, 2.05) is 43.3 Å². The third kappa shape index (κ3) is 3.35. The van der Waals surface area contributed by atoms with Gasteiger partial charge in [0.15, 0.2) is 0 Å². The maximum atomic E-state index is 5.68. The minimum atomic E-state index is 0.138. The van der Waals surface area contributed by atoms with Crippen LogP contribution in [-0.2, 0) is 7.05 Å². The Morgan fingerprint density at radius 1 is 1.37 bits per heavy atom. The van der Waals surface area contributed by atoms with Crippen molar-refractivity contribution in [2.24, 2.45) is 7.05 Å². The minimum absolute atomic E-state index is 0.138. The standard InChI is InChI=1S/C15H21N3O/c1-4-8-19-14-7-5-6-12(9-14)15(16-2)13-10-17-18(3)11-13/h5-7,9-11,15-16H,4,8H2,1-3H3. The monoisotopic (exact) mass is 259 g/mol. The van der Waals surface area contributed by atoms with Gasteiger partial charge in [-0.15, -0.1) is 0 Å². The molecule has 1 N–H and O–H groups in total. The van der Waals surface area contributed by atoms with E-state index in [4.69, 9.17) is 4.74 Å². The van der Waals surface area contributed by atoms with Gasteiger partial charge in [-0.2, -0.15) is 5.10 Å². The second-order valence-electron chi connectivity index (χ2n) is 4.59. The summed E-state index contributed by atoms with van der Waals surface area (Å²) in [7, 11) is 3.88. The highest BCUT2D eigenvalue weighted by molar-refractivity contribution is 5.35. The summed E-state index contributed by atoms with van der Waals surface area (Å²) in [5.74, 6) is 0.920. The van der Waals surface area contributed by atoms with Crippen molar-refractivity contribution in [3.63, 3.8) is 0 Å². The van der Waals surface area contributed by atoms with E-state index < -0.39 is 0 Å². The topological polar surface area (TPSA) is 39.1 Å². The Morgan fingerprint density at radius 3 is 2.84 bits per heavy atom. The van der Waals surface area contributed by atoms with Gasteiger partial charge in [-0.3, -0.25) is 4.68 Å². The normalized spacial score (nSPS) is 12.4. The molecule has 0 fully saturated rings. The molecule has 0 spiro atoms. The predicted molar refractivity (Wildman–Crippen MR) is 76.3 cm³/mol. The fourth-order valence-corrected chi connectivity index (χ4v) is 2.12. The summed E-state index contributed by atoms with van der Waals surface area (Å²) in [6.07, 6.45) is 4.93. The van der Waals surface area contributed by atoms with Crippen LogP contribution in [0.5, 0.6) is 5.75 Å². The molecule has 4 heteroatoms. The zero-order valence-corrected chi connectivity index (χ0v) is 11.8. The molecule has 1 atom stereocenters. The summed E-state index contributed by atoms with van der Waals surface area (Å²) in [4.78, 5) is 0. The van der Waals surface area contributed by atoms with Crippen molar-refractivity contribution in [1.82, 2.24) is 15.1 Å². The summed E-state index contributed by atoms with van der Waals surface area (Å²) < 4.78 is 7.50. The Balaban J connectivity index is 2.23. The first-order valence-corrected chi connectivity index (χ1v) is 6.63. The quantitative estimate of drug-likeness (QED) is 0.866. The zero-order valence-electron chi connectivity index (χ0n) is 11.8. The van der Waals surface area contributed by atoms with Gasteiger partial charge in [0, 0.05) is 18.8 Å². The van der Waals surface area contributed by atoms with Crippen LogP contribution in [0.3, 0.4) is 0 Å². The predicted octanol–water partition coefficient (Wildman–Crippen LogP) is 2.52. The fourth-order valence-electron chi connectivity index (χ4n) is 2.12. The lowest BCUT2D eigenvalue weighted by Gasteiger charge is -2.16. The van der Waals surface area contributed by atoms with Gasteiger partial charge in [0.25, 0.3) is 0 Å². The summed E-state index contributed by atoms with van der Waals surface area (Å²) >= 11 is 0. The third-order valence-electron chi connectivity index (χ3n) is 3.01. The van der Waals surface area contributed by atoms with Crippen LogP contribution < -0.4 is 10.1 Å². The lowest BCUT2D eigenvalue weighted by atomic mass is 10.0. The Labute approximate surface area is 114 Å². The van der Waals surface area contributed by atoms with Gasteiger partial charge in [0.1, 0.15) is 5.75 Å². The third-order valence-corrected chi connectivity index (χ3v) is 3.01. The fraction of sp³-hybridized carbons (Fsp3) is 0.400. The van der Waals surface area contributed by atoms with Crippen molar-refractivity contribution in [2.45, 2.75) is 19.4 Å². The molecule has 0 aliphatic carbocycles. The molecule has 2 rings (SSSR count). The first kappa shape index (κ1) is 13.6. The number of nitrogens with zero attached hydrogens (tertiary/aromatic N) is 2. The van der Waals surface area contributed by atoms with Gasteiger partial charge >= 0.3 is 0 Å². The molecule has 0 amide bonds. The van der Waals surface area contributed by atoms with Crippen LogP contribution in [0.15, 0.2) is 36.7 Å². The van der Waals surface area contributed by atoms with E-state index in [9.17, 15) is 0 Å². The summed E-state index contributed by atoms with van der Waals surface area (Å²) in [5.41, 5.74) is 2.33. The first-order valence-electron chi connectivity index (χ1n) is 6.63. The van der Waals surface area contributed by atoms with Gasteiger partial charge in [-0.05, 0) is 31.2 Å². The van der Waals surface area contributed by atoms with E-state index in [2.05, 4.69) is 29.5 Å². The first-order chi connectivity index (χ1) is 9.24. The molecular formula is C15H21N3O. The molecule has 0 saturated heterocycles. The Hall–Kier alpha value is -1.81. The van der Waals surface area contributed by atoms with Crippen LogP contribution in [0, 0.1) is 0 Å². The summed E-state index contributed by atoms with van der Waals surface area (Å²) in [6, 6.07) is 8.35. The minimum Gasteiger partial charge on any atom is -0.494 e. The molecule has 0 radical (unpaired) electrons. The van der Waals surface area contributed by atoms with Gasteiger partial charge < -0.3 is 10.1 Å². The van der Waals surface area contributed by atoms with Gasteiger partial charge in [-0.25, -0.2) is 0 Å². The van der Waals surface area contributed by atoms with E-state index in [0.717, 1.165) is 24.3 Å². The second kappa shape index (κ2) is 6.38. The zero-order chi connectivity index (χ0) is 13.7. The van der Waals surface area contributed by atoms with E-state index in [1.165, 1.54) is 5.56 Å². The van der Waals surface area contributed by atoms with Crippen molar-refractivity contribution in [1.29, 1.82) is 0 Å². The molecule has 1 aromatic carbocycles. The molecule has 0 bridgehead atoms. The average molecular weight is 259 g/mol. The van der Waals surface area contributed by atoms with Crippen molar-refractivity contribution in [2.75, 3.05) is 13.7 Å². The van der Waals surface area contributed by atoms with Crippen LogP contribution >= 0.6 is 0 Å². The number of aryl methyl sites for hydroxylation is 1. The lowest BCUT2D eigenvalue weighted by molar-refractivity contribution is 0.317. The van der Waals surface area contributed by atoms with E-state index in [-0.39, 0.29) is 6.04 Å². The lowest BCUT2D eigenvalue weighted by Crippen LogP contribution is -2.17. The smallest absolute Gasteiger partial charge is 0.119 e. The number of ether oxygens (including phenoxy) is 1. The van der Waals surface area contributed by atoms with Crippen molar-refractivity contribution in [3.8, 4) is 5.75 Å². The number of benzene rings is 1. The van der Waals surface area contributed by atoms with Crippen LogP contribution in [0.25, 0.3) is 0 Å². The molecule has 1 aromatic heterocycles. The number of hydrogen-bond donors (Lipinski definition) is 1. The van der Waals surface area contributed by atoms with Crippen LogP contribution in [0.4, 0.5) is 0 Å². The van der Waals surface area contributed by atoms with Gasteiger partial charge in [0.05, 0.1) is 18.8 Å². The number of hydrogen-bond acceptors (Lipinski definition) is 3. The number of rotatable bonds is 6. The van der Waals surface area contributed by atoms with Crippen LogP contribution in [0.1, 0.15) is 30.5 Å². The van der Waals surface area contributed by atoms with Gasteiger partial charge in [0.2, 0.25) is 0 Å². The molecule has 1 unspecified atom stereocenters. The SMILES string of the molecule is CCCOc1cccc(C(NC)c2cnn(C)c2)c1. The van der Waals surface area contributed by atoms with Gasteiger partial charge in [-0.1, -0.05) is 19.1 Å². The highest BCUT2D eigenvalue weighted by atomic mass is 16.5. The van der Waals surface area contributed by atoms with Crippen LogP contribution in [-0.4, -0.2) is 23.4 Å². The molecule has 0 aliphatic heterocycles. The van der Waals surface area contributed by atoms with E-state index in [1.54, 1.807) is 0 Å². The maximum Gasteiger partial charge on any atom is 0.119 e. The Kier molecular flexibility index (Phi) is 4.58. The summed E-state index contributed by atoms with van der Waals surface area (Å²) in [6.45, 7) is 2.86. The largest absolute Gasteiger partial charge is 0.494 e. The average Bonchev–Trinajstić information content (AvgIpc) is 2.84.